The summed E-state index contributed by atoms with van der Waals surface area (Å²) in [6, 6.07) is 0. The topological polar surface area (TPSA) is 232 Å². The van der Waals surface area contributed by atoms with Crippen LogP contribution >= 0.6 is 28.8 Å². The van der Waals surface area contributed by atoms with Gasteiger partial charge in [0.15, 0.2) is 0 Å². The molecule has 15 nitrogen and oxygen atoms in total. The summed E-state index contributed by atoms with van der Waals surface area (Å²) >= 11 is 5.17. The third kappa shape index (κ3) is 93.8. The van der Waals surface area contributed by atoms with E-state index < -0.39 is 29.4 Å². The Balaban J connectivity index is -0.0000000693. The summed E-state index contributed by atoms with van der Waals surface area (Å²) in [6.07, 6.45) is 11.3. The van der Waals surface area contributed by atoms with Crippen LogP contribution in [-0.4, -0.2) is 87.9 Å². The maximum Gasteiger partial charge on any atom is 0.359 e. The first-order chi connectivity index (χ1) is 18.1. The average molecular weight is 632 g/mol. The van der Waals surface area contributed by atoms with Crippen molar-refractivity contribution in [1.82, 2.24) is 4.90 Å². The molecule has 0 bridgehead atoms. The van der Waals surface area contributed by atoms with E-state index in [0.29, 0.717) is 6.42 Å². The number of aliphatic hydroxyl groups excluding tert-OH is 2. The third-order valence-corrected chi connectivity index (χ3v) is 3.43. The van der Waals surface area contributed by atoms with Crippen LogP contribution in [0, 0.1) is 30.5 Å². The fraction of sp³-hybridized carbons (Fsp3) is 0.619. The SMILES string of the molecule is C#CON.C#CON.C=C.C=C.CC(C)(C)CC(O)COP(O)OO.CN(C)C.OOP(O)OCC(O)CCl. The highest BCUT2D eigenvalue weighted by atomic mass is 35.5. The normalized spacial score (nSPS) is 11.9. The van der Waals surface area contributed by atoms with Crippen LogP contribution in [-0.2, 0) is 28.1 Å². The van der Waals surface area contributed by atoms with E-state index in [1.54, 1.807) is 12.2 Å². The van der Waals surface area contributed by atoms with Crippen molar-refractivity contribution in [3.63, 3.8) is 0 Å². The van der Waals surface area contributed by atoms with E-state index >= 15 is 0 Å². The maximum absolute atomic E-state index is 9.37. The molecule has 0 radical (unpaired) electrons. The second kappa shape index (κ2) is 46.7. The van der Waals surface area contributed by atoms with E-state index in [-0.39, 0.29) is 24.5 Å². The second-order valence-corrected chi connectivity index (χ2v) is 9.37. The van der Waals surface area contributed by atoms with E-state index in [0.717, 1.165) is 0 Å². The summed E-state index contributed by atoms with van der Waals surface area (Å²) in [7, 11) is 1.46. The van der Waals surface area contributed by atoms with E-state index in [2.05, 4.69) is 79.0 Å². The summed E-state index contributed by atoms with van der Waals surface area (Å²) in [5.74, 6) is 8.59. The van der Waals surface area contributed by atoms with Gasteiger partial charge in [-0.05, 0) is 33.0 Å². The van der Waals surface area contributed by atoms with Crippen molar-refractivity contribution in [2.75, 3.05) is 40.2 Å². The maximum atomic E-state index is 9.37. The van der Waals surface area contributed by atoms with Crippen LogP contribution in [0.15, 0.2) is 26.3 Å². The molecule has 0 aromatic carbocycles. The Bertz CT molecular complexity index is 499. The van der Waals surface area contributed by atoms with Crippen molar-refractivity contribution in [1.29, 1.82) is 0 Å². The van der Waals surface area contributed by atoms with Crippen LogP contribution in [0.1, 0.15) is 27.2 Å². The van der Waals surface area contributed by atoms with Gasteiger partial charge in [-0.3, -0.25) is 0 Å². The number of terminal acetylenes is 2. The molecule has 0 aliphatic heterocycles. The molecule has 0 aliphatic rings. The fourth-order valence-electron chi connectivity index (χ4n) is 1.16. The van der Waals surface area contributed by atoms with Crippen molar-refractivity contribution in [3.05, 3.63) is 26.3 Å². The monoisotopic (exact) mass is 631 g/mol. The van der Waals surface area contributed by atoms with Gasteiger partial charge in [-0.25, -0.2) is 10.5 Å². The van der Waals surface area contributed by atoms with Gasteiger partial charge in [-0.1, -0.05) is 33.6 Å². The Morgan fingerprint density at radius 1 is 0.846 bits per heavy atom. The lowest BCUT2D eigenvalue weighted by atomic mass is 9.89. The van der Waals surface area contributed by atoms with Gasteiger partial charge in [0, 0.05) is 0 Å². The van der Waals surface area contributed by atoms with Crippen LogP contribution < -0.4 is 11.8 Å². The van der Waals surface area contributed by atoms with Crippen LogP contribution in [0.2, 0.25) is 0 Å². The second-order valence-electron chi connectivity index (χ2n) is 7.27. The third-order valence-electron chi connectivity index (χ3n) is 2.06. The number of hydrogen-bond donors (Lipinski definition) is 8. The summed E-state index contributed by atoms with van der Waals surface area (Å²) in [5.41, 5.74) is 0.00105. The fourth-order valence-corrected chi connectivity index (χ4v) is 1.94. The van der Waals surface area contributed by atoms with Gasteiger partial charge in [-0.15, -0.1) is 37.9 Å². The van der Waals surface area contributed by atoms with Gasteiger partial charge in [0.25, 0.3) is 0 Å². The van der Waals surface area contributed by atoms with Crippen LogP contribution in [0.25, 0.3) is 0 Å². The molecule has 0 saturated carbocycles. The minimum Gasteiger partial charge on any atom is -0.391 e. The van der Waals surface area contributed by atoms with Gasteiger partial charge < -0.3 is 43.6 Å². The molecule has 18 heteroatoms. The summed E-state index contributed by atoms with van der Waals surface area (Å²) < 4.78 is 15.9. The molecule has 0 amide bonds. The number of alkyl halides is 1. The van der Waals surface area contributed by atoms with Crippen LogP contribution in [0.3, 0.4) is 0 Å². The predicted octanol–water partition coefficient (Wildman–Crippen LogP) is 2.54. The van der Waals surface area contributed by atoms with Crippen molar-refractivity contribution in [2.24, 2.45) is 17.2 Å². The zero-order valence-electron chi connectivity index (χ0n) is 23.5. The van der Waals surface area contributed by atoms with Crippen molar-refractivity contribution in [2.45, 2.75) is 39.4 Å². The Kier molecular flexibility index (Phi) is 64.6. The number of aliphatic hydroxyl groups is 2. The molecule has 0 aromatic rings. The van der Waals surface area contributed by atoms with Crippen molar-refractivity contribution in [3.8, 4) is 25.1 Å². The average Bonchev–Trinajstić information content (AvgIpc) is 2.91. The number of nitrogens with two attached hydrogens (primary N) is 2. The summed E-state index contributed by atoms with van der Waals surface area (Å²) in [5, 5.41) is 33.8. The number of hydrogen-bond acceptors (Lipinski definition) is 15. The summed E-state index contributed by atoms with van der Waals surface area (Å²) in [6.45, 7) is 17.8. The molecule has 236 valence electrons. The summed E-state index contributed by atoms with van der Waals surface area (Å²) in [4.78, 5) is 26.2. The Labute approximate surface area is 240 Å². The van der Waals surface area contributed by atoms with Gasteiger partial charge in [0.05, 0.1) is 31.3 Å². The zero-order chi connectivity index (χ0) is 32.9. The van der Waals surface area contributed by atoms with Crippen molar-refractivity contribution >= 4 is 28.8 Å². The van der Waals surface area contributed by atoms with E-state index in [4.69, 9.17) is 37.0 Å². The Morgan fingerprint density at radius 2 is 1.10 bits per heavy atom. The van der Waals surface area contributed by atoms with Gasteiger partial charge in [0.2, 0.25) is 0 Å². The van der Waals surface area contributed by atoms with Crippen LogP contribution in [0.5, 0.6) is 0 Å². The molecule has 0 saturated heterocycles. The first kappa shape index (κ1) is 54.0. The minimum atomic E-state index is -2.28. The van der Waals surface area contributed by atoms with Gasteiger partial charge in [-0.2, -0.15) is 21.1 Å². The minimum absolute atomic E-state index is 0.00105. The lowest BCUT2D eigenvalue weighted by Gasteiger charge is -2.22. The zero-order valence-corrected chi connectivity index (χ0v) is 26.0. The van der Waals surface area contributed by atoms with Crippen LogP contribution in [0.4, 0.5) is 0 Å². The molecule has 4 unspecified atom stereocenters. The molecule has 39 heavy (non-hydrogen) atoms. The van der Waals surface area contributed by atoms with Crippen molar-refractivity contribution < 1.29 is 58.6 Å². The van der Waals surface area contributed by atoms with Gasteiger partial charge in [0.1, 0.15) is 12.2 Å². The molecule has 0 rings (SSSR count). The lowest BCUT2D eigenvalue weighted by Crippen LogP contribution is -2.21. The van der Waals surface area contributed by atoms with E-state index in [1.165, 1.54) is 0 Å². The predicted molar refractivity (Wildman–Crippen MR) is 155 cm³/mol. The molecule has 0 spiro atoms. The quantitative estimate of drug-likeness (QED) is 0.0432. The Hall–Kier alpha value is -1.17. The molecule has 0 fully saturated rings. The number of nitrogens with zero attached hydrogens (tertiary/aromatic N) is 1. The van der Waals surface area contributed by atoms with Gasteiger partial charge >= 0.3 is 17.2 Å². The standard InChI is InChI=1S/C7H17O5P.C3H8ClO5P.C3H9N.2C2H3NO.2C2H4/c1-7(2,3)4-6(8)5-11-13(10)12-9;4-1-3(5)2-8-10(7)9-6;1-4(2)3;2*1-2-4-3;2*1-2/h6,8-10H,4-5H2,1-3H3;3,5-7H,1-2H2;1-3H3;2*1H,3H2;2*1-2H2. The molecule has 0 heterocycles. The number of rotatable bonds is 10. The molecular weight excluding hydrogens is 584 g/mol. The molecule has 10 N–H and O–H groups in total. The van der Waals surface area contributed by atoms with E-state index in [9.17, 15) is 5.11 Å². The smallest absolute Gasteiger partial charge is 0.359 e. The molecule has 0 aromatic heterocycles. The first-order valence-corrected chi connectivity index (χ1v) is 12.9. The number of halogens is 1. The Morgan fingerprint density at radius 3 is 1.28 bits per heavy atom. The molecular formula is C21H48ClN3O12P2. The van der Waals surface area contributed by atoms with E-state index in [1.807, 2.05) is 46.8 Å². The molecule has 4 atom stereocenters. The lowest BCUT2D eigenvalue weighted by molar-refractivity contribution is -0.151. The highest BCUT2D eigenvalue weighted by Gasteiger charge is 2.18. The largest absolute Gasteiger partial charge is 0.391 e. The highest BCUT2D eigenvalue weighted by Crippen LogP contribution is 2.32. The highest BCUT2D eigenvalue weighted by molar-refractivity contribution is 7.40. The molecule has 0 aliphatic carbocycles. The first-order valence-electron chi connectivity index (χ1n) is 10.1.